The van der Waals surface area contributed by atoms with Crippen molar-refractivity contribution in [1.82, 2.24) is 4.98 Å². The number of amides is 1. The van der Waals surface area contributed by atoms with Crippen LogP contribution in [0.5, 0.6) is 11.5 Å². The molecule has 7 nitrogen and oxygen atoms in total. The molecule has 0 saturated carbocycles. The molecule has 1 saturated heterocycles. The van der Waals surface area contributed by atoms with Crippen molar-refractivity contribution in [3.8, 4) is 11.5 Å². The molecular weight excluding hydrogens is 434 g/mol. The van der Waals surface area contributed by atoms with E-state index in [1.165, 1.54) is 44.7 Å². The zero-order valence-corrected chi connectivity index (χ0v) is 17.6. The van der Waals surface area contributed by atoms with Crippen LogP contribution < -0.4 is 14.4 Å². The van der Waals surface area contributed by atoms with Crippen molar-refractivity contribution in [1.29, 1.82) is 0 Å². The van der Waals surface area contributed by atoms with E-state index < -0.39 is 35.1 Å². The van der Waals surface area contributed by atoms with Crippen molar-refractivity contribution in [2.24, 2.45) is 0 Å². The first-order valence-corrected chi connectivity index (χ1v) is 9.76. The maximum Gasteiger partial charge on any atom is 0.300 e. The highest BCUT2D eigenvalue weighted by molar-refractivity contribution is 6.51. The minimum atomic E-state index is -1.19. The average Bonchev–Trinajstić information content (AvgIpc) is 3.10. The Bertz CT molecular complexity index is 1280. The highest BCUT2D eigenvalue weighted by atomic mass is 19.2. The summed E-state index contributed by atoms with van der Waals surface area (Å²) in [6.07, 6.45) is 1.46. The zero-order chi connectivity index (χ0) is 23.7. The number of carbonyl (C=O) groups is 2. The maximum atomic E-state index is 14.0. The Morgan fingerprint density at radius 3 is 2.36 bits per heavy atom. The summed E-state index contributed by atoms with van der Waals surface area (Å²) in [5.41, 5.74) is 0.133. The minimum absolute atomic E-state index is 0.0574. The largest absolute Gasteiger partial charge is 0.507 e. The quantitative estimate of drug-likeness (QED) is 0.358. The van der Waals surface area contributed by atoms with E-state index in [0.717, 1.165) is 17.0 Å². The Hall–Kier alpha value is -4.27. The number of pyridine rings is 1. The predicted octanol–water partition coefficient (Wildman–Crippen LogP) is 4.00. The van der Waals surface area contributed by atoms with Crippen LogP contribution in [0, 0.1) is 11.6 Å². The molecule has 2 aromatic carbocycles. The molecule has 1 fully saturated rings. The summed E-state index contributed by atoms with van der Waals surface area (Å²) in [6, 6.07) is 11.0. The molecule has 0 aliphatic carbocycles. The molecule has 1 amide bonds. The Morgan fingerprint density at radius 1 is 0.970 bits per heavy atom. The molecule has 33 heavy (non-hydrogen) atoms. The van der Waals surface area contributed by atoms with Crippen molar-refractivity contribution in [2.75, 3.05) is 19.1 Å². The summed E-state index contributed by atoms with van der Waals surface area (Å²) in [6.45, 7) is 0. The molecular formula is C24H18F2N2O5. The van der Waals surface area contributed by atoms with E-state index in [1.807, 2.05) is 0 Å². The fraction of sp³-hybridized carbons (Fsp3) is 0.125. The summed E-state index contributed by atoms with van der Waals surface area (Å²) in [5, 5.41) is 11.1. The van der Waals surface area contributed by atoms with E-state index in [-0.39, 0.29) is 22.5 Å². The van der Waals surface area contributed by atoms with Gasteiger partial charge in [-0.3, -0.25) is 19.5 Å². The normalized spacial score (nSPS) is 17.3. The molecule has 1 aliphatic rings. The smallest absolute Gasteiger partial charge is 0.300 e. The van der Waals surface area contributed by atoms with Gasteiger partial charge in [-0.25, -0.2) is 8.78 Å². The van der Waals surface area contributed by atoms with E-state index in [2.05, 4.69) is 4.98 Å². The number of hydrogen-bond acceptors (Lipinski definition) is 6. The number of aliphatic hydroxyl groups excluding tert-OH is 1. The second kappa shape index (κ2) is 8.70. The number of Topliss-reactive ketones (excluding diaryl/α,β-unsaturated/α-hetero) is 1. The van der Waals surface area contributed by atoms with Crippen LogP contribution in [0.3, 0.4) is 0 Å². The molecule has 1 N–H and O–H groups in total. The van der Waals surface area contributed by atoms with Gasteiger partial charge >= 0.3 is 0 Å². The molecule has 0 spiro atoms. The van der Waals surface area contributed by atoms with Crippen molar-refractivity contribution in [2.45, 2.75) is 6.04 Å². The number of aromatic nitrogens is 1. The predicted molar refractivity (Wildman–Crippen MR) is 115 cm³/mol. The van der Waals surface area contributed by atoms with Gasteiger partial charge in [-0.2, -0.15) is 0 Å². The van der Waals surface area contributed by atoms with Gasteiger partial charge in [0, 0.05) is 23.5 Å². The second-order valence-electron chi connectivity index (χ2n) is 7.09. The number of hydrogen-bond donors (Lipinski definition) is 1. The lowest BCUT2D eigenvalue weighted by atomic mass is 9.98. The van der Waals surface area contributed by atoms with Crippen LogP contribution in [0.2, 0.25) is 0 Å². The van der Waals surface area contributed by atoms with Crippen LogP contribution in [0.25, 0.3) is 5.76 Å². The van der Waals surface area contributed by atoms with Crippen LogP contribution in [0.1, 0.15) is 17.3 Å². The molecule has 0 bridgehead atoms. The number of halogens is 2. The molecule has 9 heteroatoms. The van der Waals surface area contributed by atoms with E-state index in [1.54, 1.807) is 18.2 Å². The Kier molecular flexibility index (Phi) is 5.78. The fourth-order valence-corrected chi connectivity index (χ4v) is 3.69. The number of carbonyl (C=O) groups excluding carboxylic acids is 2. The highest BCUT2D eigenvalue weighted by Crippen LogP contribution is 2.42. The lowest BCUT2D eigenvalue weighted by molar-refractivity contribution is -0.132. The Labute approximate surface area is 187 Å². The van der Waals surface area contributed by atoms with Crippen molar-refractivity contribution in [3.05, 3.63) is 89.3 Å². The van der Waals surface area contributed by atoms with E-state index in [4.69, 9.17) is 9.47 Å². The maximum absolute atomic E-state index is 14.0. The molecule has 0 radical (unpaired) electrons. The van der Waals surface area contributed by atoms with Crippen LogP contribution in [0.4, 0.5) is 14.5 Å². The van der Waals surface area contributed by atoms with Gasteiger partial charge in [0.05, 0.1) is 25.5 Å². The molecule has 1 unspecified atom stereocenters. The van der Waals surface area contributed by atoms with Crippen LogP contribution >= 0.6 is 0 Å². The van der Waals surface area contributed by atoms with Gasteiger partial charge in [-0.05, 0) is 42.5 Å². The van der Waals surface area contributed by atoms with E-state index >= 15 is 0 Å². The summed E-state index contributed by atoms with van der Waals surface area (Å²) in [5.74, 6) is -4.08. The van der Waals surface area contributed by atoms with E-state index in [9.17, 15) is 23.5 Å². The van der Waals surface area contributed by atoms with Crippen LogP contribution in [-0.2, 0) is 9.59 Å². The first-order chi connectivity index (χ1) is 15.9. The zero-order valence-electron chi connectivity index (χ0n) is 17.6. The average molecular weight is 452 g/mol. The van der Waals surface area contributed by atoms with Gasteiger partial charge in [0.25, 0.3) is 11.7 Å². The van der Waals surface area contributed by atoms with Gasteiger partial charge in [0.15, 0.2) is 23.1 Å². The SMILES string of the molecule is COc1ccc(/C(O)=C2\C(=O)C(=O)N(c3ccc(F)c(F)c3)C2c2ccccn2)cc1OC. The fourth-order valence-electron chi connectivity index (χ4n) is 3.69. The molecule has 168 valence electrons. The van der Waals surface area contributed by atoms with Crippen molar-refractivity contribution >= 4 is 23.1 Å². The van der Waals surface area contributed by atoms with Crippen molar-refractivity contribution < 1.29 is 33.0 Å². The Morgan fingerprint density at radius 2 is 1.73 bits per heavy atom. The number of ketones is 1. The molecule has 2 heterocycles. The number of ether oxygens (including phenoxy) is 2. The summed E-state index contributed by atoms with van der Waals surface area (Å²) < 4.78 is 37.9. The third-order valence-electron chi connectivity index (χ3n) is 5.25. The minimum Gasteiger partial charge on any atom is -0.507 e. The number of rotatable bonds is 5. The molecule has 1 aliphatic heterocycles. The number of benzene rings is 2. The van der Waals surface area contributed by atoms with Gasteiger partial charge in [-0.1, -0.05) is 6.07 Å². The lowest BCUT2D eigenvalue weighted by Crippen LogP contribution is -2.30. The highest BCUT2D eigenvalue weighted by Gasteiger charge is 2.47. The standard InChI is InChI=1S/C24H18F2N2O5/c1-32-18-9-6-13(11-19(18)33-2)22(29)20-21(17-5-3-4-10-27-17)28(24(31)23(20)30)14-7-8-15(25)16(26)12-14/h3-12,21,29H,1-2H3/b22-20+. The summed E-state index contributed by atoms with van der Waals surface area (Å²) in [4.78, 5) is 31.3. The summed E-state index contributed by atoms with van der Waals surface area (Å²) in [7, 11) is 2.86. The third kappa shape index (κ3) is 3.78. The molecule has 3 aromatic rings. The van der Waals surface area contributed by atoms with Crippen LogP contribution in [-0.4, -0.2) is 36.0 Å². The summed E-state index contributed by atoms with van der Waals surface area (Å²) >= 11 is 0. The second-order valence-corrected chi connectivity index (χ2v) is 7.09. The van der Waals surface area contributed by atoms with Gasteiger partial charge < -0.3 is 14.6 Å². The molecule has 1 atom stereocenters. The first-order valence-electron chi connectivity index (χ1n) is 9.76. The lowest BCUT2D eigenvalue weighted by Gasteiger charge is -2.24. The number of aliphatic hydroxyl groups is 1. The van der Waals surface area contributed by atoms with Crippen LogP contribution in [0.15, 0.2) is 66.4 Å². The third-order valence-corrected chi connectivity index (χ3v) is 5.25. The monoisotopic (exact) mass is 452 g/mol. The topological polar surface area (TPSA) is 89.0 Å². The van der Waals surface area contributed by atoms with Gasteiger partial charge in [0.2, 0.25) is 0 Å². The molecule has 1 aromatic heterocycles. The van der Waals surface area contributed by atoms with Gasteiger partial charge in [0.1, 0.15) is 11.8 Å². The first kappa shape index (κ1) is 21.9. The Balaban J connectivity index is 1.94. The number of methoxy groups -OCH3 is 2. The molecule has 4 rings (SSSR count). The van der Waals surface area contributed by atoms with Crippen molar-refractivity contribution in [3.63, 3.8) is 0 Å². The van der Waals surface area contributed by atoms with E-state index in [0.29, 0.717) is 11.5 Å². The number of nitrogens with zero attached hydrogens (tertiary/aromatic N) is 2. The number of anilines is 1. The van der Waals surface area contributed by atoms with Gasteiger partial charge in [-0.15, -0.1) is 0 Å².